The van der Waals surface area contributed by atoms with Gasteiger partial charge in [-0.15, -0.1) is 0 Å². The second kappa shape index (κ2) is 6.43. The van der Waals surface area contributed by atoms with E-state index in [2.05, 4.69) is 25.7 Å². The molecule has 2 aromatic rings. The number of rotatable bonds is 5. The molecular formula is C12H12N6O4. The van der Waals surface area contributed by atoms with Gasteiger partial charge in [0.05, 0.1) is 18.2 Å². The van der Waals surface area contributed by atoms with Crippen LogP contribution in [0.4, 0.5) is 11.5 Å². The smallest absolute Gasteiger partial charge is 0.363 e. The minimum absolute atomic E-state index is 0.159. The van der Waals surface area contributed by atoms with Crippen LogP contribution in [0.5, 0.6) is 5.75 Å². The number of nitrogens with one attached hydrogen (secondary N) is 2. The van der Waals surface area contributed by atoms with E-state index in [1.54, 1.807) is 13.0 Å². The minimum Gasteiger partial charge on any atom is -0.490 e. The molecule has 0 fully saturated rings. The highest BCUT2D eigenvalue weighted by Gasteiger charge is 2.14. The Labute approximate surface area is 124 Å². The fourth-order valence-corrected chi connectivity index (χ4v) is 1.60. The molecular weight excluding hydrogens is 292 g/mol. The van der Waals surface area contributed by atoms with E-state index in [9.17, 15) is 14.9 Å². The SMILES string of the molecule is COc1ccc(/C=N/Nc2nc(=O)[nH]nc2C)cc1[N+](=O)[O-]. The van der Waals surface area contributed by atoms with Gasteiger partial charge >= 0.3 is 11.4 Å². The van der Waals surface area contributed by atoms with Crippen molar-refractivity contribution in [2.75, 3.05) is 12.5 Å². The lowest BCUT2D eigenvalue weighted by atomic mass is 10.2. The van der Waals surface area contributed by atoms with E-state index < -0.39 is 10.6 Å². The van der Waals surface area contributed by atoms with E-state index in [-0.39, 0.29) is 17.3 Å². The first-order valence-corrected chi connectivity index (χ1v) is 6.06. The first-order valence-electron chi connectivity index (χ1n) is 6.06. The molecule has 0 aliphatic carbocycles. The number of nitrogens with zero attached hydrogens (tertiary/aromatic N) is 4. The molecule has 0 aliphatic heterocycles. The van der Waals surface area contributed by atoms with Gasteiger partial charge in [0.2, 0.25) is 0 Å². The minimum atomic E-state index is -0.608. The Kier molecular flexibility index (Phi) is 4.41. The van der Waals surface area contributed by atoms with E-state index in [1.807, 2.05) is 0 Å². The highest BCUT2D eigenvalue weighted by atomic mass is 16.6. The fourth-order valence-electron chi connectivity index (χ4n) is 1.60. The number of aromatic amines is 1. The van der Waals surface area contributed by atoms with Crippen LogP contribution in [0.1, 0.15) is 11.3 Å². The maximum Gasteiger partial charge on any atom is 0.363 e. The second-order valence-corrected chi connectivity index (χ2v) is 4.13. The van der Waals surface area contributed by atoms with Gasteiger partial charge in [-0.1, -0.05) is 0 Å². The fraction of sp³-hybridized carbons (Fsp3) is 0.167. The summed E-state index contributed by atoms with van der Waals surface area (Å²) in [5, 5.41) is 20.7. The number of benzene rings is 1. The van der Waals surface area contributed by atoms with Crippen LogP contribution in [0.2, 0.25) is 0 Å². The molecule has 0 spiro atoms. The largest absolute Gasteiger partial charge is 0.490 e. The monoisotopic (exact) mass is 304 g/mol. The molecule has 0 saturated heterocycles. The van der Waals surface area contributed by atoms with Crippen molar-refractivity contribution in [3.8, 4) is 5.75 Å². The normalized spacial score (nSPS) is 10.6. The molecule has 114 valence electrons. The standard InChI is InChI=1S/C12H12N6O4/c1-7-11(14-12(19)17-15-7)16-13-6-8-3-4-10(22-2)9(5-8)18(20)21/h3-6H,1-2H3,(H2,14,16,17,19)/b13-6+. The van der Waals surface area contributed by atoms with Gasteiger partial charge in [0.1, 0.15) is 5.69 Å². The van der Waals surface area contributed by atoms with Crippen molar-refractivity contribution in [1.29, 1.82) is 0 Å². The second-order valence-electron chi connectivity index (χ2n) is 4.13. The van der Waals surface area contributed by atoms with Crippen LogP contribution in [-0.4, -0.2) is 33.4 Å². The summed E-state index contributed by atoms with van der Waals surface area (Å²) in [6.07, 6.45) is 1.36. The lowest BCUT2D eigenvalue weighted by Crippen LogP contribution is -2.15. The first kappa shape index (κ1) is 15.1. The van der Waals surface area contributed by atoms with Gasteiger partial charge < -0.3 is 4.74 Å². The van der Waals surface area contributed by atoms with Crippen molar-refractivity contribution in [2.45, 2.75) is 6.92 Å². The summed E-state index contributed by atoms with van der Waals surface area (Å²) in [4.78, 5) is 25.1. The average molecular weight is 304 g/mol. The van der Waals surface area contributed by atoms with E-state index >= 15 is 0 Å². The van der Waals surface area contributed by atoms with Crippen LogP contribution < -0.4 is 15.9 Å². The summed E-state index contributed by atoms with van der Waals surface area (Å²) in [6.45, 7) is 1.64. The van der Waals surface area contributed by atoms with Crippen LogP contribution in [0.15, 0.2) is 28.1 Å². The highest BCUT2D eigenvalue weighted by molar-refractivity contribution is 5.82. The number of anilines is 1. The van der Waals surface area contributed by atoms with Crippen molar-refractivity contribution >= 4 is 17.7 Å². The van der Waals surface area contributed by atoms with E-state index in [1.165, 1.54) is 25.5 Å². The third kappa shape index (κ3) is 3.42. The number of aryl methyl sites for hydroxylation is 1. The average Bonchev–Trinajstić information content (AvgIpc) is 2.50. The Balaban J connectivity index is 2.20. The number of hydrazone groups is 1. The molecule has 10 heteroatoms. The summed E-state index contributed by atoms with van der Waals surface area (Å²) >= 11 is 0. The molecule has 22 heavy (non-hydrogen) atoms. The number of H-pyrrole nitrogens is 1. The number of ether oxygens (including phenoxy) is 1. The summed E-state index contributed by atoms with van der Waals surface area (Å²) in [5.41, 5.74) is 2.72. The predicted molar refractivity (Wildman–Crippen MR) is 78.3 cm³/mol. The van der Waals surface area contributed by atoms with E-state index in [0.717, 1.165) is 0 Å². The Hall–Kier alpha value is -3.30. The number of hydrogen-bond acceptors (Lipinski definition) is 8. The maximum atomic E-state index is 11.1. The molecule has 1 aromatic carbocycles. The van der Waals surface area contributed by atoms with Crippen LogP contribution in [0.3, 0.4) is 0 Å². The summed E-state index contributed by atoms with van der Waals surface area (Å²) in [7, 11) is 1.35. The van der Waals surface area contributed by atoms with Crippen LogP contribution >= 0.6 is 0 Å². The topological polar surface area (TPSA) is 135 Å². The number of nitro benzene ring substituents is 1. The summed E-state index contributed by atoms with van der Waals surface area (Å²) < 4.78 is 4.91. The van der Waals surface area contributed by atoms with Gasteiger partial charge in [-0.3, -0.25) is 15.5 Å². The molecule has 0 unspecified atom stereocenters. The number of aromatic nitrogens is 3. The Morgan fingerprint density at radius 3 is 2.95 bits per heavy atom. The van der Waals surface area contributed by atoms with Gasteiger partial charge in [0.25, 0.3) is 0 Å². The lowest BCUT2D eigenvalue weighted by molar-refractivity contribution is -0.385. The third-order valence-electron chi connectivity index (χ3n) is 2.66. The molecule has 0 amide bonds. The Morgan fingerprint density at radius 1 is 1.50 bits per heavy atom. The number of methoxy groups -OCH3 is 1. The third-order valence-corrected chi connectivity index (χ3v) is 2.66. The molecule has 0 atom stereocenters. The van der Waals surface area contributed by atoms with E-state index in [4.69, 9.17) is 4.74 Å². The lowest BCUT2D eigenvalue weighted by Gasteiger charge is -2.02. The first-order chi connectivity index (χ1) is 10.5. The summed E-state index contributed by atoms with van der Waals surface area (Å²) in [6, 6.07) is 4.39. The van der Waals surface area contributed by atoms with Crippen molar-refractivity contribution in [3.05, 3.63) is 50.1 Å². The quantitative estimate of drug-likeness (QED) is 0.474. The van der Waals surface area contributed by atoms with Gasteiger partial charge in [0.15, 0.2) is 11.6 Å². The Morgan fingerprint density at radius 2 is 2.27 bits per heavy atom. The van der Waals surface area contributed by atoms with Gasteiger partial charge in [-0.25, -0.2) is 9.89 Å². The van der Waals surface area contributed by atoms with Crippen LogP contribution in [-0.2, 0) is 0 Å². The molecule has 2 N–H and O–H groups in total. The zero-order valence-corrected chi connectivity index (χ0v) is 11.7. The van der Waals surface area contributed by atoms with Gasteiger partial charge in [-0.2, -0.15) is 15.2 Å². The van der Waals surface area contributed by atoms with Crippen molar-refractivity contribution in [2.24, 2.45) is 5.10 Å². The maximum absolute atomic E-state index is 11.1. The zero-order valence-electron chi connectivity index (χ0n) is 11.7. The molecule has 10 nitrogen and oxygen atoms in total. The van der Waals surface area contributed by atoms with E-state index in [0.29, 0.717) is 11.3 Å². The van der Waals surface area contributed by atoms with Crippen LogP contribution in [0, 0.1) is 17.0 Å². The van der Waals surface area contributed by atoms with Crippen molar-refractivity contribution in [1.82, 2.24) is 15.2 Å². The molecule has 0 saturated carbocycles. The molecule has 1 heterocycles. The number of hydrogen-bond donors (Lipinski definition) is 2. The van der Waals surface area contributed by atoms with Crippen molar-refractivity contribution < 1.29 is 9.66 Å². The summed E-state index contributed by atoms with van der Waals surface area (Å²) in [5.74, 6) is 0.356. The number of nitro groups is 1. The molecule has 2 rings (SSSR count). The highest BCUT2D eigenvalue weighted by Crippen LogP contribution is 2.26. The molecule has 1 aromatic heterocycles. The zero-order chi connectivity index (χ0) is 16.1. The van der Waals surface area contributed by atoms with Crippen molar-refractivity contribution in [3.63, 3.8) is 0 Å². The van der Waals surface area contributed by atoms with Gasteiger partial charge in [-0.05, 0) is 19.1 Å². The molecule has 0 bridgehead atoms. The predicted octanol–water partition coefficient (Wildman–Crippen LogP) is 0.836. The van der Waals surface area contributed by atoms with Crippen LogP contribution in [0.25, 0.3) is 0 Å². The molecule has 0 radical (unpaired) electrons. The van der Waals surface area contributed by atoms with Gasteiger partial charge in [0, 0.05) is 11.6 Å². The molecule has 0 aliphatic rings. The Bertz CT molecular complexity index is 785.